The standard InChI is InChI=1S/C28H34N4O8/c1-6-8-19-11-17(12-22(37-4)26(19)34)14-29-32-23(33)15-40-20-10-9-18(13-21(20)39-7-2)25-24(27(35)38-5)16(3)30-28(36)31-25/h6,9-14,23,25,32-34H,1,7-8,15H2,2-5H3,(H2,30,31,36)/b29-14-/t23-,25-/m0/s1. The number of rotatable bonds is 13. The van der Waals surface area contributed by atoms with Crippen LogP contribution < -0.4 is 30.3 Å². The van der Waals surface area contributed by atoms with E-state index in [1.54, 1.807) is 50.3 Å². The van der Waals surface area contributed by atoms with Crippen molar-refractivity contribution < 1.29 is 38.7 Å². The van der Waals surface area contributed by atoms with Crippen molar-refractivity contribution >= 4 is 18.2 Å². The average molecular weight is 555 g/mol. The van der Waals surface area contributed by atoms with Gasteiger partial charge in [0.05, 0.1) is 38.7 Å². The smallest absolute Gasteiger partial charge is 0.337 e. The molecule has 2 aromatic carbocycles. The van der Waals surface area contributed by atoms with Crippen molar-refractivity contribution in [3.8, 4) is 23.0 Å². The van der Waals surface area contributed by atoms with Crippen molar-refractivity contribution in [2.24, 2.45) is 5.10 Å². The predicted molar refractivity (Wildman–Crippen MR) is 148 cm³/mol. The molecule has 3 rings (SSSR count). The number of phenols is 1. The number of benzene rings is 2. The van der Waals surface area contributed by atoms with Crippen LogP contribution in [-0.4, -0.2) is 62.1 Å². The zero-order valence-electron chi connectivity index (χ0n) is 22.8. The molecule has 0 saturated carbocycles. The Hall–Kier alpha value is -4.71. The maximum atomic E-state index is 12.4. The van der Waals surface area contributed by atoms with Gasteiger partial charge in [0.1, 0.15) is 6.61 Å². The van der Waals surface area contributed by atoms with Crippen LogP contribution in [0.1, 0.15) is 36.6 Å². The maximum Gasteiger partial charge on any atom is 0.337 e. The number of hydrogen-bond donors (Lipinski definition) is 5. The molecule has 2 aromatic rings. The van der Waals surface area contributed by atoms with Gasteiger partial charge in [-0.15, -0.1) is 6.58 Å². The molecule has 0 radical (unpaired) electrons. The molecule has 0 aromatic heterocycles. The Kier molecular flexibility index (Phi) is 10.4. The summed E-state index contributed by atoms with van der Waals surface area (Å²) in [5.74, 6) is 0.452. The van der Waals surface area contributed by atoms with Gasteiger partial charge in [-0.3, -0.25) is 5.43 Å². The molecule has 0 fully saturated rings. The first-order valence-electron chi connectivity index (χ1n) is 12.5. The lowest BCUT2D eigenvalue weighted by Crippen LogP contribution is -2.45. The Balaban J connectivity index is 1.71. The summed E-state index contributed by atoms with van der Waals surface area (Å²) < 4.78 is 21.6. The average Bonchev–Trinajstić information content (AvgIpc) is 2.93. The number of esters is 1. The number of ether oxygens (including phenoxy) is 4. The largest absolute Gasteiger partial charge is 0.504 e. The summed E-state index contributed by atoms with van der Waals surface area (Å²) in [5.41, 5.74) is 5.07. The first-order valence-corrected chi connectivity index (χ1v) is 12.5. The molecule has 12 heteroatoms. The fourth-order valence-electron chi connectivity index (χ4n) is 4.05. The van der Waals surface area contributed by atoms with Crippen LogP contribution in [0.2, 0.25) is 0 Å². The number of aliphatic hydroxyl groups excluding tert-OH is 1. The molecule has 1 aliphatic heterocycles. The molecule has 0 bridgehead atoms. The highest BCUT2D eigenvalue weighted by Gasteiger charge is 2.32. The lowest BCUT2D eigenvalue weighted by Gasteiger charge is -2.28. The van der Waals surface area contributed by atoms with Crippen LogP contribution >= 0.6 is 0 Å². The number of carbonyl (C=O) groups is 2. The third kappa shape index (κ3) is 7.23. The van der Waals surface area contributed by atoms with E-state index in [4.69, 9.17) is 18.9 Å². The molecule has 0 spiro atoms. The molecule has 40 heavy (non-hydrogen) atoms. The number of nitrogens with zero attached hydrogens (tertiary/aromatic N) is 1. The molecule has 0 saturated heterocycles. The number of carbonyl (C=O) groups excluding carboxylic acids is 2. The summed E-state index contributed by atoms with van der Waals surface area (Å²) in [7, 11) is 2.72. The van der Waals surface area contributed by atoms with Crippen molar-refractivity contribution in [3.05, 3.63) is 70.9 Å². The minimum atomic E-state index is -1.17. The second-order valence-corrected chi connectivity index (χ2v) is 8.64. The predicted octanol–water partition coefficient (Wildman–Crippen LogP) is 2.65. The highest BCUT2D eigenvalue weighted by Crippen LogP contribution is 2.35. The van der Waals surface area contributed by atoms with Gasteiger partial charge in [-0.1, -0.05) is 12.1 Å². The lowest BCUT2D eigenvalue weighted by molar-refractivity contribution is -0.136. The zero-order valence-corrected chi connectivity index (χ0v) is 22.8. The van der Waals surface area contributed by atoms with Crippen LogP contribution in [0.25, 0.3) is 0 Å². The molecular formula is C28H34N4O8. The Bertz CT molecular complexity index is 1310. The van der Waals surface area contributed by atoms with E-state index in [-0.39, 0.29) is 17.9 Å². The molecule has 5 N–H and O–H groups in total. The van der Waals surface area contributed by atoms with Crippen molar-refractivity contribution in [3.63, 3.8) is 0 Å². The van der Waals surface area contributed by atoms with Crippen LogP contribution in [0.15, 0.2) is 59.4 Å². The van der Waals surface area contributed by atoms with Gasteiger partial charge < -0.3 is 39.8 Å². The molecule has 214 valence electrons. The first-order chi connectivity index (χ1) is 19.2. The number of amides is 2. The number of hydrazone groups is 1. The van der Waals surface area contributed by atoms with Crippen molar-refractivity contribution in [2.45, 2.75) is 32.5 Å². The van der Waals surface area contributed by atoms with E-state index in [1.807, 2.05) is 0 Å². The third-order valence-electron chi connectivity index (χ3n) is 5.87. The number of aliphatic hydroxyl groups is 1. The van der Waals surface area contributed by atoms with E-state index in [1.165, 1.54) is 20.4 Å². The lowest BCUT2D eigenvalue weighted by atomic mass is 9.95. The number of urea groups is 1. The number of nitrogens with one attached hydrogen (secondary N) is 3. The number of phenolic OH excluding ortho intramolecular Hbond substituents is 1. The van der Waals surface area contributed by atoms with Gasteiger partial charge in [-0.05, 0) is 55.7 Å². The van der Waals surface area contributed by atoms with Crippen LogP contribution in [0.4, 0.5) is 4.79 Å². The molecule has 12 nitrogen and oxygen atoms in total. The van der Waals surface area contributed by atoms with Gasteiger partial charge in [0.25, 0.3) is 0 Å². The Morgan fingerprint density at radius 2 is 1.98 bits per heavy atom. The number of methoxy groups -OCH3 is 2. The Morgan fingerprint density at radius 3 is 2.65 bits per heavy atom. The van der Waals surface area contributed by atoms with Crippen molar-refractivity contribution in [1.29, 1.82) is 0 Å². The second-order valence-electron chi connectivity index (χ2n) is 8.64. The minimum Gasteiger partial charge on any atom is -0.504 e. The van der Waals surface area contributed by atoms with Gasteiger partial charge >= 0.3 is 12.0 Å². The fourth-order valence-corrected chi connectivity index (χ4v) is 4.05. The van der Waals surface area contributed by atoms with Crippen LogP contribution in [-0.2, 0) is 16.0 Å². The quantitative estimate of drug-likeness (QED) is 0.0824. The molecule has 2 atom stereocenters. The summed E-state index contributed by atoms with van der Waals surface area (Å²) in [6.45, 7) is 7.26. The SMILES string of the molecule is C=CCc1cc(/C=N\N[C@@H](O)COc2ccc([C@@H]3NC(=O)NC(C)=C3C(=O)OC)cc2OCC)cc(OC)c1O. The van der Waals surface area contributed by atoms with E-state index in [2.05, 4.69) is 27.7 Å². The molecule has 0 unspecified atom stereocenters. The van der Waals surface area contributed by atoms with Crippen molar-refractivity contribution in [1.82, 2.24) is 16.1 Å². The van der Waals surface area contributed by atoms with E-state index >= 15 is 0 Å². The van der Waals surface area contributed by atoms with Crippen LogP contribution in [0, 0.1) is 0 Å². The molecular weight excluding hydrogens is 520 g/mol. The highest BCUT2D eigenvalue weighted by atomic mass is 16.5. The van der Waals surface area contributed by atoms with E-state index < -0.39 is 24.3 Å². The Labute approximate surface area is 232 Å². The summed E-state index contributed by atoms with van der Waals surface area (Å²) in [5, 5.41) is 29.9. The second kappa shape index (κ2) is 13.9. The summed E-state index contributed by atoms with van der Waals surface area (Å²) in [6, 6.07) is 7.09. The van der Waals surface area contributed by atoms with Gasteiger partial charge in [0.15, 0.2) is 29.2 Å². The topological polar surface area (TPSA) is 160 Å². The summed E-state index contributed by atoms with van der Waals surface area (Å²) in [6.07, 6.45) is 2.41. The maximum absolute atomic E-state index is 12.4. The summed E-state index contributed by atoms with van der Waals surface area (Å²) >= 11 is 0. The summed E-state index contributed by atoms with van der Waals surface area (Å²) in [4.78, 5) is 24.5. The zero-order chi connectivity index (χ0) is 29.2. The number of allylic oxidation sites excluding steroid dienone is 2. The van der Waals surface area contributed by atoms with Crippen molar-refractivity contribution in [2.75, 3.05) is 27.4 Å². The first kappa shape index (κ1) is 29.8. The fraction of sp³-hybridized carbons (Fsp3) is 0.321. The Morgan fingerprint density at radius 1 is 1.20 bits per heavy atom. The minimum absolute atomic E-state index is 0.0345. The normalized spacial score (nSPS) is 15.6. The van der Waals surface area contributed by atoms with E-state index in [0.717, 1.165) is 0 Å². The number of hydrogen-bond acceptors (Lipinski definition) is 10. The molecule has 1 heterocycles. The van der Waals surface area contributed by atoms with Crippen LogP contribution in [0.3, 0.4) is 0 Å². The highest BCUT2D eigenvalue weighted by molar-refractivity contribution is 5.95. The van der Waals surface area contributed by atoms with Gasteiger partial charge in [0.2, 0.25) is 0 Å². The van der Waals surface area contributed by atoms with E-state index in [0.29, 0.717) is 52.7 Å². The van der Waals surface area contributed by atoms with Gasteiger partial charge in [-0.25, -0.2) is 9.59 Å². The third-order valence-corrected chi connectivity index (χ3v) is 5.87. The molecule has 1 aliphatic rings. The monoisotopic (exact) mass is 554 g/mol. The number of aromatic hydroxyl groups is 1. The molecule has 0 aliphatic carbocycles. The van der Waals surface area contributed by atoms with Crippen LogP contribution in [0.5, 0.6) is 23.0 Å². The molecule has 2 amide bonds. The van der Waals surface area contributed by atoms with Gasteiger partial charge in [0, 0.05) is 11.3 Å². The van der Waals surface area contributed by atoms with Gasteiger partial charge in [-0.2, -0.15) is 5.10 Å². The van der Waals surface area contributed by atoms with E-state index in [9.17, 15) is 19.8 Å².